The predicted molar refractivity (Wildman–Crippen MR) is 93.3 cm³/mol. The Morgan fingerprint density at radius 2 is 1.83 bits per heavy atom. The molecule has 0 saturated heterocycles. The first-order valence-corrected chi connectivity index (χ1v) is 8.54. The van der Waals surface area contributed by atoms with Gasteiger partial charge in [-0.1, -0.05) is 37.3 Å². The number of esters is 1. The van der Waals surface area contributed by atoms with Crippen molar-refractivity contribution in [1.29, 1.82) is 0 Å². The molecule has 2 atom stereocenters. The highest BCUT2D eigenvalue weighted by Crippen LogP contribution is 2.19. The predicted octanol–water partition coefficient (Wildman–Crippen LogP) is 3.08. The standard InChI is InChI=1S/C19H29NO4/c1-5-18(24-14(2)3)17(11-12-23-15(4)21)19(22)20-13-16-9-7-6-8-10-16/h6-10,14,17-18H,5,11-13H2,1-4H3,(H,20,22). The van der Waals surface area contributed by atoms with E-state index in [1.165, 1.54) is 6.92 Å². The van der Waals surface area contributed by atoms with Gasteiger partial charge in [0.15, 0.2) is 0 Å². The van der Waals surface area contributed by atoms with Crippen molar-refractivity contribution in [3.63, 3.8) is 0 Å². The average Bonchev–Trinajstić information content (AvgIpc) is 2.55. The third kappa shape index (κ3) is 7.59. The topological polar surface area (TPSA) is 64.6 Å². The monoisotopic (exact) mass is 335 g/mol. The molecule has 134 valence electrons. The summed E-state index contributed by atoms with van der Waals surface area (Å²) >= 11 is 0. The minimum atomic E-state index is -0.347. The summed E-state index contributed by atoms with van der Waals surface area (Å²) in [5, 5.41) is 2.97. The molecule has 2 unspecified atom stereocenters. The molecule has 1 aromatic rings. The number of benzene rings is 1. The molecule has 0 fully saturated rings. The molecule has 5 heteroatoms. The summed E-state index contributed by atoms with van der Waals surface area (Å²) < 4.78 is 10.9. The van der Waals surface area contributed by atoms with Crippen LogP contribution in [-0.2, 0) is 25.6 Å². The normalized spacial score (nSPS) is 13.4. The van der Waals surface area contributed by atoms with Gasteiger partial charge < -0.3 is 14.8 Å². The Balaban J connectivity index is 2.69. The summed E-state index contributed by atoms with van der Waals surface area (Å²) in [4.78, 5) is 23.6. The minimum absolute atomic E-state index is 0.0353. The molecule has 0 bridgehead atoms. The first-order valence-electron chi connectivity index (χ1n) is 8.54. The van der Waals surface area contributed by atoms with Crippen molar-refractivity contribution < 1.29 is 19.1 Å². The number of rotatable bonds is 10. The van der Waals surface area contributed by atoms with Crippen molar-refractivity contribution in [1.82, 2.24) is 5.32 Å². The smallest absolute Gasteiger partial charge is 0.302 e. The Labute approximate surface area is 144 Å². The van der Waals surface area contributed by atoms with Crippen LogP contribution in [0.2, 0.25) is 0 Å². The van der Waals surface area contributed by atoms with Crippen LogP contribution < -0.4 is 5.32 Å². The molecule has 0 aliphatic heterocycles. The molecular weight excluding hydrogens is 306 g/mol. The van der Waals surface area contributed by atoms with Crippen molar-refractivity contribution in [2.45, 2.75) is 59.3 Å². The number of carbonyl (C=O) groups is 2. The summed E-state index contributed by atoms with van der Waals surface area (Å²) in [7, 11) is 0. The van der Waals surface area contributed by atoms with E-state index < -0.39 is 0 Å². The van der Waals surface area contributed by atoms with Crippen LogP contribution >= 0.6 is 0 Å². The molecule has 0 heterocycles. The van der Waals surface area contributed by atoms with Gasteiger partial charge in [-0.3, -0.25) is 9.59 Å². The molecule has 1 amide bonds. The molecule has 0 aliphatic carbocycles. The Morgan fingerprint density at radius 1 is 1.17 bits per heavy atom. The van der Waals surface area contributed by atoms with Gasteiger partial charge in [0.25, 0.3) is 0 Å². The summed E-state index contributed by atoms with van der Waals surface area (Å²) in [5.41, 5.74) is 1.04. The zero-order valence-electron chi connectivity index (χ0n) is 15.1. The molecule has 0 aromatic heterocycles. The molecule has 0 spiro atoms. The molecule has 0 saturated carbocycles. The summed E-state index contributed by atoms with van der Waals surface area (Å²) in [6.45, 7) is 7.96. The van der Waals surface area contributed by atoms with Gasteiger partial charge in [-0.25, -0.2) is 0 Å². The lowest BCUT2D eigenvalue weighted by Gasteiger charge is -2.27. The van der Waals surface area contributed by atoms with Gasteiger partial charge in [0.2, 0.25) is 5.91 Å². The molecule has 1 N–H and O–H groups in total. The second-order valence-corrected chi connectivity index (χ2v) is 6.07. The van der Waals surface area contributed by atoms with Crippen molar-refractivity contribution >= 4 is 11.9 Å². The van der Waals surface area contributed by atoms with Crippen LogP contribution in [0.4, 0.5) is 0 Å². The molecule has 0 radical (unpaired) electrons. The second-order valence-electron chi connectivity index (χ2n) is 6.07. The van der Waals surface area contributed by atoms with Crippen molar-refractivity contribution in [3.8, 4) is 0 Å². The first kappa shape index (κ1) is 20.2. The number of nitrogens with one attached hydrogen (secondary N) is 1. The van der Waals surface area contributed by atoms with E-state index in [0.29, 0.717) is 13.0 Å². The summed E-state index contributed by atoms with van der Waals surface area (Å²) in [5.74, 6) is -0.754. The maximum Gasteiger partial charge on any atom is 0.302 e. The molecule has 24 heavy (non-hydrogen) atoms. The van der Waals surface area contributed by atoms with E-state index in [2.05, 4.69) is 5.32 Å². The second kappa shape index (κ2) is 10.8. The number of hydrogen-bond acceptors (Lipinski definition) is 4. The Kier molecular flexibility index (Phi) is 9.08. The van der Waals surface area contributed by atoms with Gasteiger partial charge in [0.1, 0.15) is 0 Å². The lowest BCUT2D eigenvalue weighted by molar-refractivity contribution is -0.144. The van der Waals surface area contributed by atoms with Gasteiger partial charge in [0.05, 0.1) is 24.7 Å². The van der Waals surface area contributed by atoms with Crippen molar-refractivity contribution in [3.05, 3.63) is 35.9 Å². The highest BCUT2D eigenvalue weighted by atomic mass is 16.5. The Hall–Kier alpha value is -1.88. The maximum absolute atomic E-state index is 12.6. The van der Waals surface area contributed by atoms with Crippen molar-refractivity contribution in [2.24, 2.45) is 5.92 Å². The van der Waals surface area contributed by atoms with Crippen LogP contribution in [0.1, 0.15) is 46.1 Å². The van der Waals surface area contributed by atoms with E-state index in [4.69, 9.17) is 9.47 Å². The van der Waals surface area contributed by atoms with Gasteiger partial charge in [-0.2, -0.15) is 0 Å². The minimum Gasteiger partial charge on any atom is -0.466 e. The lowest BCUT2D eigenvalue weighted by atomic mass is 9.95. The van der Waals surface area contributed by atoms with Crippen LogP contribution in [0.15, 0.2) is 30.3 Å². The van der Waals surface area contributed by atoms with E-state index in [1.54, 1.807) is 0 Å². The van der Waals surface area contributed by atoms with E-state index in [-0.39, 0.29) is 36.6 Å². The first-order chi connectivity index (χ1) is 11.4. The number of ether oxygens (including phenoxy) is 2. The lowest BCUT2D eigenvalue weighted by Crippen LogP contribution is -2.40. The van der Waals surface area contributed by atoms with Crippen LogP contribution in [0.5, 0.6) is 0 Å². The number of hydrogen-bond donors (Lipinski definition) is 1. The Morgan fingerprint density at radius 3 is 2.38 bits per heavy atom. The van der Waals surface area contributed by atoms with E-state index >= 15 is 0 Å². The molecule has 1 rings (SSSR count). The van der Waals surface area contributed by atoms with Crippen LogP contribution in [-0.4, -0.2) is 30.7 Å². The molecule has 5 nitrogen and oxygen atoms in total. The summed E-state index contributed by atoms with van der Waals surface area (Å²) in [6, 6.07) is 9.76. The highest BCUT2D eigenvalue weighted by Gasteiger charge is 2.28. The molecular formula is C19H29NO4. The van der Waals surface area contributed by atoms with Gasteiger partial charge >= 0.3 is 5.97 Å². The fourth-order valence-electron chi connectivity index (χ4n) is 2.56. The zero-order chi connectivity index (χ0) is 17.9. The number of carbonyl (C=O) groups excluding carboxylic acids is 2. The van der Waals surface area contributed by atoms with E-state index in [1.807, 2.05) is 51.1 Å². The van der Waals surface area contributed by atoms with Crippen molar-refractivity contribution in [2.75, 3.05) is 6.61 Å². The fraction of sp³-hybridized carbons (Fsp3) is 0.579. The van der Waals surface area contributed by atoms with Gasteiger partial charge in [-0.15, -0.1) is 0 Å². The van der Waals surface area contributed by atoms with Crippen LogP contribution in [0.3, 0.4) is 0 Å². The SMILES string of the molecule is CCC(OC(C)C)C(CCOC(C)=O)C(=O)NCc1ccccc1. The maximum atomic E-state index is 12.6. The van der Waals surface area contributed by atoms with Gasteiger partial charge in [-0.05, 0) is 32.3 Å². The van der Waals surface area contributed by atoms with E-state index in [9.17, 15) is 9.59 Å². The van der Waals surface area contributed by atoms with Crippen LogP contribution in [0, 0.1) is 5.92 Å². The molecule has 1 aromatic carbocycles. The quantitative estimate of drug-likeness (QED) is 0.667. The van der Waals surface area contributed by atoms with Gasteiger partial charge in [0, 0.05) is 13.5 Å². The van der Waals surface area contributed by atoms with E-state index in [0.717, 1.165) is 12.0 Å². The Bertz CT molecular complexity index is 501. The fourth-order valence-corrected chi connectivity index (χ4v) is 2.56. The average molecular weight is 335 g/mol. The summed E-state index contributed by atoms with van der Waals surface area (Å²) in [6.07, 6.45) is 1.01. The molecule has 0 aliphatic rings. The zero-order valence-corrected chi connectivity index (χ0v) is 15.1. The highest BCUT2D eigenvalue weighted by molar-refractivity contribution is 5.79. The number of amides is 1. The third-order valence-electron chi connectivity index (χ3n) is 3.68. The van der Waals surface area contributed by atoms with Crippen LogP contribution in [0.25, 0.3) is 0 Å². The third-order valence-corrected chi connectivity index (χ3v) is 3.68. The largest absolute Gasteiger partial charge is 0.466 e.